The molecule has 2 aromatic rings. The van der Waals surface area contributed by atoms with Crippen LogP contribution in [0.4, 0.5) is 0 Å². The third-order valence-corrected chi connectivity index (χ3v) is 5.39. The van der Waals surface area contributed by atoms with Crippen molar-refractivity contribution in [2.45, 2.75) is 50.1 Å². The number of benzene rings is 1. The SMILES string of the molecule is O=C(NC1CC(c2ccc(Cl)cc2)C1)c1ccnn1C1CCC1. The van der Waals surface area contributed by atoms with E-state index in [0.717, 1.165) is 30.7 Å². The lowest BCUT2D eigenvalue weighted by Gasteiger charge is -2.36. The molecule has 0 atom stereocenters. The molecule has 4 rings (SSSR count). The van der Waals surface area contributed by atoms with Gasteiger partial charge in [0.1, 0.15) is 5.69 Å². The van der Waals surface area contributed by atoms with Crippen molar-refractivity contribution in [3.63, 3.8) is 0 Å². The average molecular weight is 330 g/mol. The highest BCUT2D eigenvalue weighted by Gasteiger charge is 2.32. The number of nitrogens with zero attached hydrogens (tertiary/aromatic N) is 2. The van der Waals surface area contributed by atoms with Crippen LogP contribution in [0.25, 0.3) is 0 Å². The second-order valence-electron chi connectivity index (χ2n) is 6.64. The van der Waals surface area contributed by atoms with Crippen molar-refractivity contribution >= 4 is 17.5 Å². The van der Waals surface area contributed by atoms with Gasteiger partial charge in [0.2, 0.25) is 0 Å². The van der Waals surface area contributed by atoms with Gasteiger partial charge in [0.25, 0.3) is 5.91 Å². The van der Waals surface area contributed by atoms with E-state index >= 15 is 0 Å². The molecular weight excluding hydrogens is 310 g/mol. The topological polar surface area (TPSA) is 46.9 Å². The van der Waals surface area contributed by atoms with Gasteiger partial charge in [-0.1, -0.05) is 23.7 Å². The largest absolute Gasteiger partial charge is 0.348 e. The van der Waals surface area contributed by atoms with Crippen molar-refractivity contribution in [1.82, 2.24) is 15.1 Å². The summed E-state index contributed by atoms with van der Waals surface area (Å²) in [6, 6.07) is 10.5. The maximum Gasteiger partial charge on any atom is 0.269 e. The molecule has 0 saturated heterocycles. The Bertz CT molecular complexity index is 699. The minimum absolute atomic E-state index is 0.00829. The fourth-order valence-corrected chi connectivity index (χ4v) is 3.54. The van der Waals surface area contributed by atoms with Crippen molar-refractivity contribution in [2.75, 3.05) is 0 Å². The summed E-state index contributed by atoms with van der Waals surface area (Å²) in [6.07, 6.45) is 7.20. The molecule has 2 fully saturated rings. The molecule has 2 aliphatic rings. The quantitative estimate of drug-likeness (QED) is 0.923. The molecule has 0 spiro atoms. The van der Waals surface area contributed by atoms with E-state index < -0.39 is 0 Å². The minimum Gasteiger partial charge on any atom is -0.348 e. The van der Waals surface area contributed by atoms with Crippen molar-refractivity contribution in [3.8, 4) is 0 Å². The summed E-state index contributed by atoms with van der Waals surface area (Å²) in [6.45, 7) is 0. The van der Waals surface area contributed by atoms with Gasteiger partial charge in [0.15, 0.2) is 0 Å². The lowest BCUT2D eigenvalue weighted by Crippen LogP contribution is -2.44. The molecule has 2 saturated carbocycles. The summed E-state index contributed by atoms with van der Waals surface area (Å²) < 4.78 is 1.90. The first-order valence-corrected chi connectivity index (χ1v) is 8.68. The van der Waals surface area contributed by atoms with E-state index in [1.165, 1.54) is 12.0 Å². The van der Waals surface area contributed by atoms with Crippen LogP contribution in [-0.4, -0.2) is 21.7 Å². The maximum atomic E-state index is 12.5. The second kappa shape index (κ2) is 6.00. The highest BCUT2D eigenvalue weighted by Crippen LogP contribution is 2.37. The van der Waals surface area contributed by atoms with Gasteiger partial charge >= 0.3 is 0 Å². The van der Waals surface area contributed by atoms with E-state index in [4.69, 9.17) is 11.6 Å². The number of aromatic nitrogens is 2. The Balaban J connectivity index is 1.34. The fraction of sp³-hybridized carbons (Fsp3) is 0.444. The van der Waals surface area contributed by atoms with Crippen molar-refractivity contribution in [3.05, 3.63) is 52.8 Å². The van der Waals surface area contributed by atoms with Crippen LogP contribution >= 0.6 is 11.6 Å². The summed E-state index contributed by atoms with van der Waals surface area (Å²) in [7, 11) is 0. The highest BCUT2D eigenvalue weighted by atomic mass is 35.5. The zero-order chi connectivity index (χ0) is 15.8. The summed E-state index contributed by atoms with van der Waals surface area (Å²) in [5.74, 6) is 0.531. The monoisotopic (exact) mass is 329 g/mol. The predicted octanol–water partition coefficient (Wildman–Crippen LogP) is 3.94. The van der Waals surface area contributed by atoms with Gasteiger partial charge in [-0.15, -0.1) is 0 Å². The van der Waals surface area contributed by atoms with Crippen LogP contribution in [0.5, 0.6) is 0 Å². The van der Waals surface area contributed by atoms with Crippen LogP contribution in [0.1, 0.15) is 60.1 Å². The molecule has 4 nitrogen and oxygen atoms in total. The van der Waals surface area contributed by atoms with Crippen LogP contribution in [0.15, 0.2) is 36.5 Å². The number of amides is 1. The molecule has 0 unspecified atom stereocenters. The smallest absolute Gasteiger partial charge is 0.269 e. The average Bonchev–Trinajstić information content (AvgIpc) is 2.91. The molecule has 23 heavy (non-hydrogen) atoms. The van der Waals surface area contributed by atoms with Gasteiger partial charge in [-0.2, -0.15) is 5.10 Å². The lowest BCUT2D eigenvalue weighted by atomic mass is 9.76. The van der Waals surface area contributed by atoms with E-state index in [-0.39, 0.29) is 11.9 Å². The number of hydrogen-bond donors (Lipinski definition) is 1. The Morgan fingerprint density at radius 3 is 2.57 bits per heavy atom. The third-order valence-electron chi connectivity index (χ3n) is 5.14. The Kier molecular flexibility index (Phi) is 3.85. The predicted molar refractivity (Wildman–Crippen MR) is 89.8 cm³/mol. The first-order chi connectivity index (χ1) is 11.2. The Labute approximate surface area is 140 Å². The van der Waals surface area contributed by atoms with E-state index in [1.807, 2.05) is 22.9 Å². The first-order valence-electron chi connectivity index (χ1n) is 8.30. The number of carbonyl (C=O) groups is 1. The molecule has 5 heteroatoms. The first kappa shape index (κ1) is 14.8. The number of halogens is 1. The molecule has 120 valence electrons. The third kappa shape index (κ3) is 2.88. The zero-order valence-electron chi connectivity index (χ0n) is 12.9. The molecular formula is C18H20ClN3O. The van der Waals surface area contributed by atoms with E-state index in [2.05, 4.69) is 22.5 Å². The van der Waals surface area contributed by atoms with Crippen molar-refractivity contribution in [1.29, 1.82) is 0 Å². The lowest BCUT2D eigenvalue weighted by molar-refractivity contribution is 0.0890. The van der Waals surface area contributed by atoms with Crippen LogP contribution in [0, 0.1) is 0 Å². The summed E-state index contributed by atoms with van der Waals surface area (Å²) >= 11 is 5.92. The highest BCUT2D eigenvalue weighted by molar-refractivity contribution is 6.30. The second-order valence-corrected chi connectivity index (χ2v) is 7.07. The molecule has 1 aromatic carbocycles. The van der Waals surface area contributed by atoms with Gasteiger partial charge < -0.3 is 5.32 Å². The molecule has 0 bridgehead atoms. The maximum absolute atomic E-state index is 12.5. The molecule has 0 aliphatic heterocycles. The molecule has 1 N–H and O–H groups in total. The van der Waals surface area contributed by atoms with Crippen molar-refractivity contribution in [2.24, 2.45) is 0 Å². The Morgan fingerprint density at radius 1 is 1.17 bits per heavy atom. The Morgan fingerprint density at radius 2 is 1.91 bits per heavy atom. The number of nitrogens with one attached hydrogen (secondary N) is 1. The van der Waals surface area contributed by atoms with Crippen LogP contribution in [0.3, 0.4) is 0 Å². The minimum atomic E-state index is 0.00829. The summed E-state index contributed by atoms with van der Waals surface area (Å²) in [4.78, 5) is 12.5. The van der Waals surface area contributed by atoms with Gasteiger partial charge in [0, 0.05) is 17.3 Å². The molecule has 1 aromatic heterocycles. The normalized spacial score (nSPS) is 23.9. The number of carbonyl (C=O) groups excluding carboxylic acids is 1. The Hall–Kier alpha value is -1.81. The van der Waals surface area contributed by atoms with E-state index in [0.29, 0.717) is 17.7 Å². The van der Waals surface area contributed by atoms with Gasteiger partial charge in [0.05, 0.1) is 6.04 Å². The number of rotatable bonds is 4. The van der Waals surface area contributed by atoms with Gasteiger partial charge in [-0.25, -0.2) is 0 Å². The zero-order valence-corrected chi connectivity index (χ0v) is 13.7. The van der Waals surface area contributed by atoms with Crippen LogP contribution in [-0.2, 0) is 0 Å². The van der Waals surface area contributed by atoms with E-state index in [9.17, 15) is 4.79 Å². The number of hydrogen-bond acceptors (Lipinski definition) is 2. The summed E-state index contributed by atoms with van der Waals surface area (Å²) in [5.41, 5.74) is 2.00. The molecule has 1 heterocycles. The molecule has 1 amide bonds. The van der Waals surface area contributed by atoms with E-state index in [1.54, 1.807) is 6.20 Å². The molecule has 2 aliphatic carbocycles. The standard InChI is InChI=1S/C18H20ClN3O/c19-14-6-4-12(5-7-14)13-10-15(11-13)21-18(23)17-8-9-20-22(17)16-2-1-3-16/h4-9,13,15-16H,1-3,10-11H2,(H,21,23). The van der Waals surface area contributed by atoms with Gasteiger partial charge in [-0.3, -0.25) is 9.48 Å². The van der Waals surface area contributed by atoms with Crippen molar-refractivity contribution < 1.29 is 4.79 Å². The summed E-state index contributed by atoms with van der Waals surface area (Å²) in [5, 5.41) is 8.24. The molecule has 0 radical (unpaired) electrons. The van der Waals surface area contributed by atoms with Crippen LogP contribution < -0.4 is 5.32 Å². The fourth-order valence-electron chi connectivity index (χ4n) is 3.42. The van der Waals surface area contributed by atoms with Crippen LogP contribution in [0.2, 0.25) is 5.02 Å². The van der Waals surface area contributed by atoms with Gasteiger partial charge in [-0.05, 0) is 61.8 Å².